The first-order valence-electron chi connectivity index (χ1n) is 4.95. The van der Waals surface area contributed by atoms with E-state index in [1.165, 1.54) is 12.1 Å². The highest BCUT2D eigenvalue weighted by Crippen LogP contribution is 2.25. The Morgan fingerprint density at radius 3 is 2.75 bits per heavy atom. The van der Waals surface area contributed by atoms with E-state index in [2.05, 4.69) is 4.99 Å². The van der Waals surface area contributed by atoms with Gasteiger partial charge in [-0.05, 0) is 25.0 Å². The molecule has 0 bridgehead atoms. The van der Waals surface area contributed by atoms with Gasteiger partial charge in [0.1, 0.15) is 11.5 Å². The fraction of sp³-hybridized carbons (Fsp3) is 0.300. The molecule has 0 aliphatic heterocycles. The number of nitrogens with two attached hydrogens (primary N) is 2. The minimum atomic E-state index is -0.525. The van der Waals surface area contributed by atoms with Gasteiger partial charge in [-0.25, -0.2) is 0 Å². The third kappa shape index (κ3) is 2.10. The fourth-order valence-corrected chi connectivity index (χ4v) is 1.34. The molecular weight excluding hydrogens is 208 g/mol. The first kappa shape index (κ1) is 10.4. The molecule has 16 heavy (non-hydrogen) atoms. The lowest BCUT2D eigenvalue weighted by Gasteiger charge is -2.02. The Bertz CT molecular complexity index is 466. The molecule has 1 aliphatic carbocycles. The zero-order chi connectivity index (χ0) is 11.7. The van der Waals surface area contributed by atoms with Crippen molar-refractivity contribution < 1.29 is 4.92 Å². The van der Waals surface area contributed by atoms with Gasteiger partial charge >= 0.3 is 0 Å². The third-order valence-electron chi connectivity index (χ3n) is 2.39. The molecule has 84 valence electrons. The molecule has 0 unspecified atom stereocenters. The molecule has 0 aromatic heterocycles. The molecule has 0 heterocycles. The number of hydrogen-bond donors (Lipinski definition) is 2. The van der Waals surface area contributed by atoms with Gasteiger partial charge in [0.05, 0.1) is 11.0 Å². The number of nitro benzene ring substituents is 1. The number of benzene rings is 1. The Morgan fingerprint density at radius 1 is 1.50 bits per heavy atom. The highest BCUT2D eigenvalue weighted by Gasteiger charge is 2.21. The Hall–Kier alpha value is -2.11. The van der Waals surface area contributed by atoms with E-state index < -0.39 is 4.92 Å². The molecule has 1 aliphatic rings. The second kappa shape index (κ2) is 3.80. The Balaban J connectivity index is 2.34. The highest BCUT2D eigenvalue weighted by atomic mass is 16.6. The third-order valence-corrected chi connectivity index (χ3v) is 2.39. The quantitative estimate of drug-likeness (QED) is 0.261. The van der Waals surface area contributed by atoms with Crippen molar-refractivity contribution in [3.05, 3.63) is 33.9 Å². The van der Waals surface area contributed by atoms with E-state index in [0.29, 0.717) is 11.4 Å². The number of rotatable bonds is 3. The first-order valence-corrected chi connectivity index (χ1v) is 4.95. The number of hydrogen-bond acceptors (Lipinski definition) is 4. The van der Waals surface area contributed by atoms with E-state index >= 15 is 0 Å². The lowest BCUT2D eigenvalue weighted by molar-refractivity contribution is -0.383. The molecule has 1 aromatic rings. The number of amidine groups is 1. The van der Waals surface area contributed by atoms with E-state index in [1.807, 2.05) is 0 Å². The summed E-state index contributed by atoms with van der Waals surface area (Å²) in [6.07, 6.45) is 2.08. The molecule has 1 fully saturated rings. The van der Waals surface area contributed by atoms with Crippen LogP contribution >= 0.6 is 0 Å². The lowest BCUT2D eigenvalue weighted by Crippen LogP contribution is -2.14. The fourth-order valence-electron chi connectivity index (χ4n) is 1.34. The van der Waals surface area contributed by atoms with Crippen molar-refractivity contribution in [1.29, 1.82) is 0 Å². The van der Waals surface area contributed by atoms with Crippen molar-refractivity contribution in [3.8, 4) is 0 Å². The summed E-state index contributed by atoms with van der Waals surface area (Å²) in [7, 11) is 0. The van der Waals surface area contributed by atoms with Gasteiger partial charge in [-0.15, -0.1) is 0 Å². The molecule has 1 saturated carbocycles. The standard InChI is InChI=1S/C10H12N4O2/c11-8-4-1-6(5-9(8)14(15)16)10(12)13-7-2-3-7/h1,4-5,7H,2-3,11H2,(H2,12,13). The normalized spacial score (nSPS) is 16.1. The maximum absolute atomic E-state index is 10.7. The van der Waals surface area contributed by atoms with Crippen LogP contribution in [0.3, 0.4) is 0 Å². The summed E-state index contributed by atoms with van der Waals surface area (Å²) in [5.74, 6) is 0.339. The largest absolute Gasteiger partial charge is 0.393 e. The molecule has 2 rings (SSSR count). The van der Waals surface area contributed by atoms with Gasteiger partial charge in [-0.2, -0.15) is 0 Å². The minimum absolute atomic E-state index is 0.132. The molecule has 4 N–H and O–H groups in total. The van der Waals surface area contributed by atoms with Gasteiger partial charge in [0.25, 0.3) is 5.69 Å². The average Bonchev–Trinajstić information content (AvgIpc) is 3.01. The predicted octanol–water partition coefficient (Wildman–Crippen LogP) is 1.04. The van der Waals surface area contributed by atoms with Crippen molar-refractivity contribution in [2.75, 3.05) is 5.73 Å². The molecule has 0 saturated heterocycles. The van der Waals surface area contributed by atoms with Crippen LogP contribution in [0.15, 0.2) is 23.2 Å². The van der Waals surface area contributed by atoms with Gasteiger partial charge in [-0.3, -0.25) is 15.1 Å². The summed E-state index contributed by atoms with van der Waals surface area (Å²) >= 11 is 0. The lowest BCUT2D eigenvalue weighted by atomic mass is 10.1. The summed E-state index contributed by atoms with van der Waals surface area (Å²) in [6, 6.07) is 4.76. The van der Waals surface area contributed by atoms with Crippen LogP contribution in [0.1, 0.15) is 18.4 Å². The van der Waals surface area contributed by atoms with Gasteiger partial charge in [0, 0.05) is 11.6 Å². The second-order valence-corrected chi connectivity index (χ2v) is 3.78. The van der Waals surface area contributed by atoms with Crippen molar-refractivity contribution in [2.24, 2.45) is 10.7 Å². The average molecular weight is 220 g/mol. The van der Waals surface area contributed by atoms with Crippen molar-refractivity contribution in [2.45, 2.75) is 18.9 Å². The molecule has 1 aromatic carbocycles. The topological polar surface area (TPSA) is 108 Å². The molecule has 6 heteroatoms. The first-order chi connectivity index (χ1) is 7.58. The van der Waals surface area contributed by atoms with E-state index in [1.54, 1.807) is 6.07 Å². The maximum atomic E-state index is 10.7. The molecule has 0 atom stereocenters. The predicted molar refractivity (Wildman–Crippen MR) is 61.3 cm³/mol. The van der Waals surface area contributed by atoms with Crippen LogP contribution in [-0.2, 0) is 0 Å². The zero-order valence-corrected chi connectivity index (χ0v) is 8.59. The van der Waals surface area contributed by atoms with Gasteiger partial charge in [0.2, 0.25) is 0 Å². The number of aliphatic imine (C=N–C) groups is 1. The summed E-state index contributed by atoms with van der Waals surface area (Å²) < 4.78 is 0. The summed E-state index contributed by atoms with van der Waals surface area (Å²) in [5, 5.41) is 10.7. The van der Waals surface area contributed by atoms with Crippen LogP contribution in [0.2, 0.25) is 0 Å². The molecule has 0 spiro atoms. The van der Waals surface area contributed by atoms with Crippen LogP contribution in [0, 0.1) is 10.1 Å². The maximum Gasteiger partial charge on any atom is 0.292 e. The number of nitrogen functional groups attached to an aromatic ring is 1. The minimum Gasteiger partial charge on any atom is -0.393 e. The molecular formula is C10H12N4O2. The summed E-state index contributed by atoms with van der Waals surface area (Å²) in [5.41, 5.74) is 11.8. The van der Waals surface area contributed by atoms with Gasteiger partial charge in [-0.1, -0.05) is 0 Å². The summed E-state index contributed by atoms with van der Waals surface area (Å²) in [6.45, 7) is 0. The van der Waals surface area contributed by atoms with Crippen molar-refractivity contribution in [3.63, 3.8) is 0 Å². The molecule has 0 radical (unpaired) electrons. The van der Waals surface area contributed by atoms with E-state index in [-0.39, 0.29) is 17.4 Å². The van der Waals surface area contributed by atoms with E-state index in [4.69, 9.17) is 11.5 Å². The zero-order valence-electron chi connectivity index (χ0n) is 8.59. The highest BCUT2D eigenvalue weighted by molar-refractivity contribution is 5.98. The molecule has 6 nitrogen and oxygen atoms in total. The van der Waals surface area contributed by atoms with E-state index in [0.717, 1.165) is 12.8 Å². The monoisotopic (exact) mass is 220 g/mol. The summed E-state index contributed by atoms with van der Waals surface area (Å²) in [4.78, 5) is 14.4. The van der Waals surface area contributed by atoms with Crippen LogP contribution in [0.5, 0.6) is 0 Å². The smallest absolute Gasteiger partial charge is 0.292 e. The number of nitrogens with zero attached hydrogens (tertiary/aromatic N) is 2. The Labute approximate surface area is 92.1 Å². The number of nitro groups is 1. The molecule has 0 amide bonds. The van der Waals surface area contributed by atoms with E-state index in [9.17, 15) is 10.1 Å². The Kier molecular flexibility index (Phi) is 2.47. The van der Waals surface area contributed by atoms with Gasteiger partial charge in [0.15, 0.2) is 0 Å². The van der Waals surface area contributed by atoms with Crippen molar-refractivity contribution >= 4 is 17.2 Å². The Morgan fingerprint density at radius 2 is 2.19 bits per heavy atom. The van der Waals surface area contributed by atoms with Crippen LogP contribution < -0.4 is 11.5 Å². The SMILES string of the molecule is NC(=NC1CC1)c1ccc(N)c([N+](=O)[O-])c1. The van der Waals surface area contributed by atoms with Gasteiger partial charge < -0.3 is 11.5 Å². The van der Waals surface area contributed by atoms with Crippen LogP contribution in [0.4, 0.5) is 11.4 Å². The van der Waals surface area contributed by atoms with Crippen molar-refractivity contribution in [1.82, 2.24) is 0 Å². The number of anilines is 1. The van der Waals surface area contributed by atoms with Crippen LogP contribution in [0.25, 0.3) is 0 Å². The van der Waals surface area contributed by atoms with Crippen LogP contribution in [-0.4, -0.2) is 16.8 Å². The second-order valence-electron chi connectivity index (χ2n) is 3.78.